The van der Waals surface area contributed by atoms with Crippen molar-refractivity contribution in [3.63, 3.8) is 0 Å². The monoisotopic (exact) mass is 330 g/mol. The van der Waals surface area contributed by atoms with Crippen LogP contribution >= 0.6 is 15.9 Å². The zero-order chi connectivity index (χ0) is 13.9. The first-order valence-corrected chi connectivity index (χ1v) is 7.98. The second kappa shape index (κ2) is 6.06. The van der Waals surface area contributed by atoms with Gasteiger partial charge >= 0.3 is 0 Å². The number of hydrogen-bond donors (Lipinski definition) is 1. The molecule has 104 valence electrons. The zero-order valence-corrected chi connectivity index (χ0v) is 13.0. The molecular weight excluding hydrogens is 312 g/mol. The average molecular weight is 331 g/mol. The summed E-state index contributed by atoms with van der Waals surface area (Å²) < 4.78 is 1.15. The van der Waals surface area contributed by atoms with Crippen molar-refractivity contribution < 1.29 is 0 Å². The molecule has 0 radical (unpaired) electrons. The molecule has 1 aliphatic carbocycles. The summed E-state index contributed by atoms with van der Waals surface area (Å²) in [6, 6.07) is 12.7. The van der Waals surface area contributed by atoms with Crippen LogP contribution in [0.15, 0.2) is 47.1 Å². The van der Waals surface area contributed by atoms with E-state index < -0.39 is 0 Å². The molecule has 0 amide bonds. The number of pyridine rings is 1. The van der Waals surface area contributed by atoms with Crippen molar-refractivity contribution in [2.24, 2.45) is 5.73 Å². The Bertz CT molecular complexity index is 597. The fourth-order valence-electron chi connectivity index (χ4n) is 3.12. The Kier molecular flexibility index (Phi) is 4.18. The van der Waals surface area contributed by atoms with Crippen LogP contribution in [0.5, 0.6) is 0 Å². The molecule has 0 saturated carbocycles. The molecule has 1 aliphatic rings. The Labute approximate surface area is 128 Å². The molecule has 20 heavy (non-hydrogen) atoms. The lowest BCUT2D eigenvalue weighted by atomic mass is 9.80. The van der Waals surface area contributed by atoms with Crippen molar-refractivity contribution in [1.29, 1.82) is 0 Å². The molecule has 0 fully saturated rings. The minimum absolute atomic E-state index is 0.127. The Morgan fingerprint density at radius 3 is 2.95 bits per heavy atom. The number of aromatic nitrogens is 1. The van der Waals surface area contributed by atoms with E-state index in [1.807, 2.05) is 18.3 Å². The van der Waals surface area contributed by atoms with E-state index in [0.29, 0.717) is 5.92 Å². The number of nitrogens with two attached hydrogens (primary N) is 1. The molecule has 1 heterocycles. The van der Waals surface area contributed by atoms with Crippen LogP contribution in [0.4, 0.5) is 0 Å². The van der Waals surface area contributed by atoms with Gasteiger partial charge in [-0.05, 0) is 48.9 Å². The summed E-state index contributed by atoms with van der Waals surface area (Å²) in [5, 5.41) is 0. The Hall–Kier alpha value is -1.19. The number of hydrogen-bond acceptors (Lipinski definition) is 2. The molecular formula is C17H19BrN2. The minimum atomic E-state index is 0.127. The first kappa shape index (κ1) is 13.8. The molecule has 0 bridgehead atoms. The van der Waals surface area contributed by atoms with Crippen molar-refractivity contribution in [2.45, 2.75) is 37.6 Å². The highest BCUT2D eigenvalue weighted by Gasteiger charge is 2.27. The Morgan fingerprint density at radius 2 is 2.10 bits per heavy atom. The van der Waals surface area contributed by atoms with Crippen molar-refractivity contribution in [3.8, 4) is 0 Å². The largest absolute Gasteiger partial charge is 0.327 e. The standard InChI is InChI=1S/C17H19BrN2/c18-15-9-2-1-5-13(15)11-16(19)14-8-3-6-12-7-4-10-20-17(12)14/h1-2,4-5,7,9-10,14,16H,3,6,8,11,19H2. The van der Waals surface area contributed by atoms with Gasteiger partial charge in [0.05, 0.1) is 0 Å². The van der Waals surface area contributed by atoms with Crippen LogP contribution in [0.25, 0.3) is 0 Å². The molecule has 0 saturated heterocycles. The summed E-state index contributed by atoms with van der Waals surface area (Å²) in [6.45, 7) is 0. The Balaban J connectivity index is 1.82. The smallest absolute Gasteiger partial charge is 0.0482 e. The maximum atomic E-state index is 6.50. The van der Waals surface area contributed by atoms with Gasteiger partial charge in [-0.25, -0.2) is 0 Å². The number of benzene rings is 1. The maximum Gasteiger partial charge on any atom is 0.0482 e. The summed E-state index contributed by atoms with van der Waals surface area (Å²) in [4.78, 5) is 4.59. The normalized spacial score (nSPS) is 19.4. The van der Waals surface area contributed by atoms with Gasteiger partial charge in [0.2, 0.25) is 0 Å². The minimum Gasteiger partial charge on any atom is -0.327 e. The van der Waals surface area contributed by atoms with Crippen molar-refractivity contribution in [3.05, 3.63) is 63.9 Å². The molecule has 2 unspecified atom stereocenters. The van der Waals surface area contributed by atoms with Gasteiger partial charge in [0.1, 0.15) is 0 Å². The summed E-state index contributed by atoms with van der Waals surface area (Å²) in [7, 11) is 0. The van der Waals surface area contributed by atoms with Gasteiger partial charge in [0.25, 0.3) is 0 Å². The topological polar surface area (TPSA) is 38.9 Å². The van der Waals surface area contributed by atoms with E-state index in [0.717, 1.165) is 23.7 Å². The van der Waals surface area contributed by atoms with E-state index >= 15 is 0 Å². The predicted octanol–water partition coefficient (Wildman–Crippen LogP) is 3.83. The van der Waals surface area contributed by atoms with Crippen molar-refractivity contribution in [2.75, 3.05) is 0 Å². The summed E-state index contributed by atoms with van der Waals surface area (Å²) >= 11 is 3.61. The number of rotatable bonds is 3. The van der Waals surface area contributed by atoms with Gasteiger partial charge < -0.3 is 5.73 Å². The third-order valence-electron chi connectivity index (χ3n) is 4.17. The molecule has 2 aromatic rings. The molecule has 2 nitrogen and oxygen atoms in total. The van der Waals surface area contributed by atoms with Crippen LogP contribution < -0.4 is 5.73 Å². The van der Waals surface area contributed by atoms with Crippen molar-refractivity contribution >= 4 is 15.9 Å². The highest BCUT2D eigenvalue weighted by molar-refractivity contribution is 9.10. The third kappa shape index (κ3) is 2.79. The number of halogens is 1. The van der Waals surface area contributed by atoms with Crippen LogP contribution in [-0.2, 0) is 12.8 Å². The van der Waals surface area contributed by atoms with Gasteiger partial charge in [0, 0.05) is 28.3 Å². The third-order valence-corrected chi connectivity index (χ3v) is 4.94. The SMILES string of the molecule is NC(Cc1ccccc1Br)C1CCCc2cccnc21. The Morgan fingerprint density at radius 1 is 1.25 bits per heavy atom. The number of fused-ring (bicyclic) bond motifs is 1. The fraction of sp³-hybridized carbons (Fsp3) is 0.353. The zero-order valence-electron chi connectivity index (χ0n) is 11.4. The van der Waals surface area contributed by atoms with Crippen LogP contribution in [0, 0.1) is 0 Å². The van der Waals surface area contributed by atoms with Crippen LogP contribution in [-0.4, -0.2) is 11.0 Å². The lowest BCUT2D eigenvalue weighted by Gasteiger charge is -2.29. The number of nitrogens with zero attached hydrogens (tertiary/aromatic N) is 1. The first-order chi connectivity index (χ1) is 9.75. The molecule has 0 spiro atoms. The average Bonchev–Trinajstić information content (AvgIpc) is 2.49. The summed E-state index contributed by atoms with van der Waals surface area (Å²) in [5.41, 5.74) is 10.4. The highest BCUT2D eigenvalue weighted by Crippen LogP contribution is 2.33. The van der Waals surface area contributed by atoms with Gasteiger partial charge in [-0.3, -0.25) is 4.98 Å². The first-order valence-electron chi connectivity index (χ1n) is 7.18. The molecule has 1 aromatic carbocycles. The summed E-state index contributed by atoms with van der Waals surface area (Å²) in [5.74, 6) is 0.382. The number of aryl methyl sites for hydroxylation is 1. The quantitative estimate of drug-likeness (QED) is 0.928. The predicted molar refractivity (Wildman–Crippen MR) is 85.7 cm³/mol. The van der Waals surface area contributed by atoms with Gasteiger partial charge in [0.15, 0.2) is 0 Å². The van der Waals surface area contributed by atoms with E-state index in [9.17, 15) is 0 Å². The lowest BCUT2D eigenvalue weighted by molar-refractivity contribution is 0.449. The lowest BCUT2D eigenvalue weighted by Crippen LogP contribution is -2.33. The second-order valence-corrected chi connectivity index (χ2v) is 6.36. The van der Waals surface area contributed by atoms with E-state index in [4.69, 9.17) is 5.73 Å². The fourth-order valence-corrected chi connectivity index (χ4v) is 3.57. The van der Waals surface area contributed by atoms with Crippen molar-refractivity contribution in [1.82, 2.24) is 4.98 Å². The van der Waals surface area contributed by atoms with E-state index in [1.54, 1.807) is 0 Å². The van der Waals surface area contributed by atoms with Gasteiger partial charge in [-0.2, -0.15) is 0 Å². The molecule has 0 aliphatic heterocycles. The van der Waals surface area contributed by atoms with Crippen LogP contribution in [0.1, 0.15) is 35.6 Å². The van der Waals surface area contributed by atoms with Gasteiger partial charge in [-0.15, -0.1) is 0 Å². The van der Waals surface area contributed by atoms with Gasteiger partial charge in [-0.1, -0.05) is 40.2 Å². The van der Waals surface area contributed by atoms with E-state index in [2.05, 4.69) is 45.2 Å². The maximum absolute atomic E-state index is 6.50. The highest BCUT2D eigenvalue weighted by atomic mass is 79.9. The molecule has 2 N–H and O–H groups in total. The molecule has 2 atom stereocenters. The molecule has 3 rings (SSSR count). The molecule has 1 aromatic heterocycles. The molecule has 3 heteroatoms. The van der Waals surface area contributed by atoms with E-state index in [-0.39, 0.29) is 6.04 Å². The van der Waals surface area contributed by atoms with Crippen LogP contribution in [0.3, 0.4) is 0 Å². The van der Waals surface area contributed by atoms with E-state index in [1.165, 1.54) is 23.2 Å². The second-order valence-electron chi connectivity index (χ2n) is 5.51. The van der Waals surface area contributed by atoms with Crippen LogP contribution in [0.2, 0.25) is 0 Å². The summed E-state index contributed by atoms with van der Waals surface area (Å²) in [6.07, 6.45) is 6.29.